The summed E-state index contributed by atoms with van der Waals surface area (Å²) in [5.74, 6) is 0.847. The summed E-state index contributed by atoms with van der Waals surface area (Å²) < 4.78 is 1.72. The lowest BCUT2D eigenvalue weighted by atomic mass is 10.1. The van der Waals surface area contributed by atoms with Crippen molar-refractivity contribution in [1.82, 2.24) is 19.7 Å². The fourth-order valence-corrected chi connectivity index (χ4v) is 1.51. The zero-order valence-electron chi connectivity index (χ0n) is 9.75. The van der Waals surface area contributed by atoms with Gasteiger partial charge in [-0.3, -0.25) is 4.68 Å². The number of aromatic nitrogens is 4. The second-order valence-electron chi connectivity index (χ2n) is 3.90. The molecule has 0 amide bonds. The van der Waals surface area contributed by atoms with Gasteiger partial charge in [-0.25, -0.2) is 9.97 Å². The van der Waals surface area contributed by atoms with E-state index in [-0.39, 0.29) is 23.2 Å². The molecule has 0 saturated carbocycles. The summed E-state index contributed by atoms with van der Waals surface area (Å²) in [6, 6.07) is 1.90. The number of anilines is 3. The molecule has 0 fully saturated rings. The van der Waals surface area contributed by atoms with Gasteiger partial charge in [-0.15, -0.1) is 0 Å². The number of nitrogen functional groups attached to an aromatic ring is 3. The highest BCUT2D eigenvalue weighted by molar-refractivity contribution is 5.70. The van der Waals surface area contributed by atoms with E-state index in [0.717, 1.165) is 5.69 Å². The second-order valence-corrected chi connectivity index (χ2v) is 3.90. The Morgan fingerprint density at radius 3 is 2.24 bits per heavy atom. The molecule has 90 valence electrons. The molecule has 2 rings (SSSR count). The lowest BCUT2D eigenvalue weighted by Crippen LogP contribution is -2.11. The van der Waals surface area contributed by atoms with Gasteiger partial charge in [-0.2, -0.15) is 5.10 Å². The van der Waals surface area contributed by atoms with Crippen LogP contribution >= 0.6 is 0 Å². The summed E-state index contributed by atoms with van der Waals surface area (Å²) in [5.41, 5.74) is 18.0. The molecule has 17 heavy (non-hydrogen) atoms. The van der Waals surface area contributed by atoms with Crippen LogP contribution in [-0.4, -0.2) is 19.7 Å². The minimum Gasteiger partial charge on any atom is -0.393 e. The van der Waals surface area contributed by atoms with Crippen molar-refractivity contribution in [3.05, 3.63) is 23.8 Å². The van der Waals surface area contributed by atoms with Crippen LogP contribution < -0.4 is 17.2 Å². The third-order valence-corrected chi connectivity index (χ3v) is 2.59. The summed E-state index contributed by atoms with van der Waals surface area (Å²) in [5, 5.41) is 4.29. The molecule has 2 aromatic rings. The van der Waals surface area contributed by atoms with Crippen LogP contribution in [0.3, 0.4) is 0 Å². The highest BCUT2D eigenvalue weighted by atomic mass is 15.2. The molecule has 0 bridgehead atoms. The molecular formula is C10H15N7. The Morgan fingerprint density at radius 2 is 1.76 bits per heavy atom. The first kappa shape index (κ1) is 11.2. The van der Waals surface area contributed by atoms with Crippen molar-refractivity contribution in [3.8, 4) is 0 Å². The highest BCUT2D eigenvalue weighted by Crippen LogP contribution is 2.24. The van der Waals surface area contributed by atoms with Gasteiger partial charge in [0.1, 0.15) is 11.5 Å². The molecule has 0 spiro atoms. The summed E-state index contributed by atoms with van der Waals surface area (Å²) in [6.07, 6.45) is 1.86. The second kappa shape index (κ2) is 3.93. The average Bonchev–Trinajstić information content (AvgIpc) is 2.71. The van der Waals surface area contributed by atoms with E-state index < -0.39 is 0 Å². The first-order valence-corrected chi connectivity index (χ1v) is 5.17. The zero-order chi connectivity index (χ0) is 12.6. The normalized spacial score (nSPS) is 12.6. The number of rotatable bonds is 2. The Balaban J connectivity index is 2.41. The predicted octanol–water partition coefficient (Wildman–Crippen LogP) is 0.109. The van der Waals surface area contributed by atoms with Crippen molar-refractivity contribution in [2.24, 2.45) is 7.05 Å². The number of aryl methyl sites for hydroxylation is 1. The fourth-order valence-electron chi connectivity index (χ4n) is 1.51. The van der Waals surface area contributed by atoms with Gasteiger partial charge in [-0.1, -0.05) is 0 Å². The van der Waals surface area contributed by atoms with Crippen molar-refractivity contribution in [1.29, 1.82) is 0 Å². The lowest BCUT2D eigenvalue weighted by molar-refractivity contribution is 0.709. The monoisotopic (exact) mass is 233 g/mol. The van der Waals surface area contributed by atoms with E-state index in [2.05, 4.69) is 15.1 Å². The first-order chi connectivity index (χ1) is 7.99. The van der Waals surface area contributed by atoms with Crippen molar-refractivity contribution in [2.45, 2.75) is 12.8 Å². The van der Waals surface area contributed by atoms with E-state index in [1.165, 1.54) is 0 Å². The van der Waals surface area contributed by atoms with Crippen molar-refractivity contribution < 1.29 is 0 Å². The standard InChI is InChI=1S/C10H15N7/c1-5(6-3-4-17(2)16-6)10-14-8(12)7(11)9(13)15-10/h3-5H,11H2,1-2H3,(H4,12,13,14,15). The molecule has 2 aromatic heterocycles. The molecule has 0 aliphatic heterocycles. The largest absolute Gasteiger partial charge is 0.393 e. The van der Waals surface area contributed by atoms with Gasteiger partial charge >= 0.3 is 0 Å². The van der Waals surface area contributed by atoms with Crippen LogP contribution in [0.25, 0.3) is 0 Å². The first-order valence-electron chi connectivity index (χ1n) is 5.17. The van der Waals surface area contributed by atoms with Gasteiger partial charge in [0.15, 0.2) is 11.6 Å². The summed E-state index contributed by atoms with van der Waals surface area (Å²) in [6.45, 7) is 1.94. The molecule has 2 heterocycles. The van der Waals surface area contributed by atoms with E-state index >= 15 is 0 Å². The van der Waals surface area contributed by atoms with Crippen LogP contribution in [-0.2, 0) is 7.05 Å². The third kappa shape index (κ3) is 1.99. The quantitative estimate of drug-likeness (QED) is 0.676. The maximum absolute atomic E-state index is 5.66. The van der Waals surface area contributed by atoms with E-state index in [1.54, 1.807) is 4.68 Å². The van der Waals surface area contributed by atoms with E-state index in [0.29, 0.717) is 5.82 Å². The van der Waals surface area contributed by atoms with Gasteiger partial charge in [0, 0.05) is 13.2 Å². The molecule has 0 saturated heterocycles. The Kier molecular flexibility index (Phi) is 2.58. The van der Waals surface area contributed by atoms with Gasteiger partial charge < -0.3 is 17.2 Å². The Bertz CT molecular complexity index is 522. The van der Waals surface area contributed by atoms with Crippen molar-refractivity contribution in [3.63, 3.8) is 0 Å². The topological polar surface area (TPSA) is 122 Å². The minimum absolute atomic E-state index is 0.0820. The maximum Gasteiger partial charge on any atom is 0.152 e. The summed E-state index contributed by atoms with van der Waals surface area (Å²) in [4.78, 5) is 8.26. The zero-order valence-corrected chi connectivity index (χ0v) is 9.75. The SMILES string of the molecule is CC(c1ccn(C)n1)c1nc(N)c(N)c(N)n1. The molecule has 7 nitrogen and oxygen atoms in total. The summed E-state index contributed by atoms with van der Waals surface area (Å²) >= 11 is 0. The molecule has 6 N–H and O–H groups in total. The Morgan fingerprint density at radius 1 is 1.18 bits per heavy atom. The maximum atomic E-state index is 5.66. The molecule has 7 heteroatoms. The van der Waals surface area contributed by atoms with Crippen LogP contribution in [0, 0.1) is 0 Å². The van der Waals surface area contributed by atoms with Crippen LogP contribution in [0.1, 0.15) is 24.4 Å². The number of nitrogens with zero attached hydrogens (tertiary/aromatic N) is 4. The van der Waals surface area contributed by atoms with Crippen LogP contribution in [0.2, 0.25) is 0 Å². The fraction of sp³-hybridized carbons (Fsp3) is 0.300. The number of hydrogen-bond donors (Lipinski definition) is 3. The molecule has 0 aromatic carbocycles. The molecule has 1 atom stereocenters. The number of hydrogen-bond acceptors (Lipinski definition) is 6. The van der Waals surface area contributed by atoms with E-state index in [9.17, 15) is 0 Å². The molecule has 0 aliphatic carbocycles. The van der Waals surface area contributed by atoms with Gasteiger partial charge in [0.05, 0.1) is 11.6 Å². The lowest BCUT2D eigenvalue weighted by Gasteiger charge is -2.10. The van der Waals surface area contributed by atoms with Crippen molar-refractivity contribution in [2.75, 3.05) is 17.2 Å². The third-order valence-electron chi connectivity index (χ3n) is 2.59. The van der Waals surface area contributed by atoms with Crippen molar-refractivity contribution >= 4 is 17.3 Å². The van der Waals surface area contributed by atoms with Crippen LogP contribution in [0.15, 0.2) is 12.3 Å². The van der Waals surface area contributed by atoms with E-state index in [4.69, 9.17) is 17.2 Å². The predicted molar refractivity (Wildman–Crippen MR) is 66.0 cm³/mol. The minimum atomic E-state index is -0.0820. The number of nitrogens with two attached hydrogens (primary N) is 3. The van der Waals surface area contributed by atoms with Gasteiger partial charge in [-0.05, 0) is 13.0 Å². The molecule has 1 unspecified atom stereocenters. The van der Waals surface area contributed by atoms with Gasteiger partial charge in [0.25, 0.3) is 0 Å². The van der Waals surface area contributed by atoms with Crippen LogP contribution in [0.4, 0.5) is 17.3 Å². The molecule has 0 radical (unpaired) electrons. The highest BCUT2D eigenvalue weighted by Gasteiger charge is 2.17. The van der Waals surface area contributed by atoms with E-state index in [1.807, 2.05) is 26.2 Å². The Hall–Kier alpha value is -2.31. The average molecular weight is 233 g/mol. The smallest absolute Gasteiger partial charge is 0.152 e. The Labute approximate surface area is 98.6 Å². The molecule has 0 aliphatic rings. The molecular weight excluding hydrogens is 218 g/mol. The van der Waals surface area contributed by atoms with Gasteiger partial charge in [0.2, 0.25) is 0 Å². The summed E-state index contributed by atoms with van der Waals surface area (Å²) in [7, 11) is 1.85. The van der Waals surface area contributed by atoms with Crippen LogP contribution in [0.5, 0.6) is 0 Å².